The van der Waals surface area contributed by atoms with Gasteiger partial charge in [0.15, 0.2) is 0 Å². The van der Waals surface area contributed by atoms with Crippen LogP contribution in [0.25, 0.3) is 0 Å². The minimum Gasteiger partial charge on any atom is -0.370 e. The molecule has 0 saturated heterocycles. The molecular weight excluding hydrogens is 264 g/mol. The highest BCUT2D eigenvalue weighted by Gasteiger charge is 2.45. The van der Waals surface area contributed by atoms with E-state index >= 15 is 0 Å². The van der Waals surface area contributed by atoms with E-state index < -0.39 is 0 Å². The van der Waals surface area contributed by atoms with Gasteiger partial charge in [0.2, 0.25) is 11.8 Å². The lowest BCUT2D eigenvalue weighted by molar-refractivity contribution is -0.130. The van der Waals surface area contributed by atoms with Gasteiger partial charge < -0.3 is 11.1 Å². The summed E-state index contributed by atoms with van der Waals surface area (Å²) in [6, 6.07) is 6.37. The lowest BCUT2D eigenvalue weighted by Gasteiger charge is -2.41. The van der Waals surface area contributed by atoms with Crippen LogP contribution in [0.4, 0.5) is 0 Å². The van der Waals surface area contributed by atoms with Gasteiger partial charge in [0.25, 0.3) is 0 Å². The predicted molar refractivity (Wildman–Crippen MR) is 82.9 cm³/mol. The summed E-state index contributed by atoms with van der Waals surface area (Å²) in [6.07, 6.45) is 3.80. The van der Waals surface area contributed by atoms with E-state index in [2.05, 4.69) is 37.4 Å². The zero-order valence-electron chi connectivity index (χ0n) is 12.9. The number of hydrogen-bond acceptors (Lipinski definition) is 2. The summed E-state index contributed by atoms with van der Waals surface area (Å²) in [6.45, 7) is 4.63. The number of carbonyl (C=O) groups is 2. The molecule has 1 saturated carbocycles. The van der Waals surface area contributed by atoms with Gasteiger partial charge in [-0.05, 0) is 38.7 Å². The highest BCUT2D eigenvalue weighted by Crippen LogP contribution is 2.44. The average molecular weight is 288 g/mol. The van der Waals surface area contributed by atoms with Crippen molar-refractivity contribution in [2.24, 2.45) is 5.73 Å². The third-order valence-corrected chi connectivity index (χ3v) is 4.30. The molecule has 4 nitrogen and oxygen atoms in total. The molecule has 0 aliphatic heterocycles. The van der Waals surface area contributed by atoms with Crippen molar-refractivity contribution < 1.29 is 9.59 Å². The molecule has 0 spiro atoms. The highest BCUT2D eigenvalue weighted by molar-refractivity contribution is 5.89. The standard InChI is InChI=1S/C17H24N2O2/c1-12-9-13(2)11-14(10-12)17(6-4-7-17)16(21)19-8-3-5-15(18)20/h9-11H,3-8H2,1-2H3,(H2,18,20)(H,19,21). The number of aryl methyl sites for hydroxylation is 2. The molecule has 1 fully saturated rings. The minimum absolute atomic E-state index is 0.0863. The first-order valence-corrected chi connectivity index (χ1v) is 7.59. The number of hydrogen-bond donors (Lipinski definition) is 2. The van der Waals surface area contributed by atoms with Crippen molar-refractivity contribution in [1.82, 2.24) is 5.32 Å². The van der Waals surface area contributed by atoms with Gasteiger partial charge in [-0.3, -0.25) is 9.59 Å². The van der Waals surface area contributed by atoms with E-state index in [1.807, 2.05) is 0 Å². The van der Waals surface area contributed by atoms with Crippen LogP contribution in [0, 0.1) is 13.8 Å². The molecule has 0 heterocycles. The predicted octanol–water partition coefficient (Wildman–Crippen LogP) is 2.11. The molecule has 1 aromatic carbocycles. The van der Waals surface area contributed by atoms with Gasteiger partial charge in [-0.2, -0.15) is 0 Å². The molecule has 114 valence electrons. The van der Waals surface area contributed by atoms with Crippen molar-refractivity contribution >= 4 is 11.8 Å². The lowest BCUT2D eigenvalue weighted by atomic mass is 9.63. The van der Waals surface area contributed by atoms with Gasteiger partial charge in [-0.15, -0.1) is 0 Å². The highest BCUT2D eigenvalue weighted by atomic mass is 16.2. The van der Waals surface area contributed by atoms with Gasteiger partial charge in [0.1, 0.15) is 0 Å². The van der Waals surface area contributed by atoms with E-state index in [-0.39, 0.29) is 17.2 Å². The Balaban J connectivity index is 2.06. The number of benzene rings is 1. The second-order valence-corrected chi connectivity index (χ2v) is 6.14. The zero-order chi connectivity index (χ0) is 15.5. The molecule has 1 aromatic rings. The Kier molecular flexibility index (Phi) is 4.66. The summed E-state index contributed by atoms with van der Waals surface area (Å²) in [4.78, 5) is 23.3. The van der Waals surface area contributed by atoms with Crippen LogP contribution in [-0.4, -0.2) is 18.4 Å². The van der Waals surface area contributed by atoms with Crippen LogP contribution in [0.5, 0.6) is 0 Å². The maximum absolute atomic E-state index is 12.6. The summed E-state index contributed by atoms with van der Waals surface area (Å²) in [5.74, 6) is -0.236. The molecule has 0 aromatic heterocycles. The van der Waals surface area contributed by atoms with Crippen LogP contribution >= 0.6 is 0 Å². The van der Waals surface area contributed by atoms with Crippen molar-refractivity contribution in [1.29, 1.82) is 0 Å². The first kappa shape index (κ1) is 15.5. The second kappa shape index (κ2) is 6.29. The van der Waals surface area contributed by atoms with Crippen LogP contribution in [0.3, 0.4) is 0 Å². The molecule has 2 rings (SSSR count). The molecule has 1 aliphatic carbocycles. The van der Waals surface area contributed by atoms with Crippen LogP contribution < -0.4 is 11.1 Å². The molecular formula is C17H24N2O2. The van der Waals surface area contributed by atoms with E-state index in [4.69, 9.17) is 5.73 Å². The third kappa shape index (κ3) is 3.43. The Hall–Kier alpha value is -1.84. The number of carbonyl (C=O) groups excluding carboxylic acids is 2. The van der Waals surface area contributed by atoms with E-state index in [0.29, 0.717) is 19.4 Å². The second-order valence-electron chi connectivity index (χ2n) is 6.14. The van der Waals surface area contributed by atoms with Crippen LogP contribution in [0.15, 0.2) is 18.2 Å². The smallest absolute Gasteiger partial charge is 0.230 e. The van der Waals surface area contributed by atoms with Crippen LogP contribution in [-0.2, 0) is 15.0 Å². The van der Waals surface area contributed by atoms with Gasteiger partial charge in [-0.1, -0.05) is 35.7 Å². The fourth-order valence-electron chi connectivity index (χ4n) is 3.06. The zero-order valence-corrected chi connectivity index (χ0v) is 12.9. The summed E-state index contributed by atoms with van der Waals surface area (Å²) in [7, 11) is 0. The largest absolute Gasteiger partial charge is 0.370 e. The third-order valence-electron chi connectivity index (χ3n) is 4.30. The Morgan fingerprint density at radius 3 is 2.29 bits per heavy atom. The van der Waals surface area contributed by atoms with Crippen molar-refractivity contribution in [3.05, 3.63) is 34.9 Å². The number of nitrogens with two attached hydrogens (primary N) is 1. The molecule has 21 heavy (non-hydrogen) atoms. The number of rotatable bonds is 6. The molecule has 0 atom stereocenters. The summed E-state index contributed by atoms with van der Waals surface area (Å²) < 4.78 is 0. The Labute approximate surface area is 126 Å². The average Bonchev–Trinajstić information content (AvgIpc) is 2.32. The Bertz CT molecular complexity index is 527. The van der Waals surface area contributed by atoms with Crippen LogP contribution in [0.1, 0.15) is 48.8 Å². The van der Waals surface area contributed by atoms with Crippen LogP contribution in [0.2, 0.25) is 0 Å². The molecule has 0 bridgehead atoms. The van der Waals surface area contributed by atoms with Gasteiger partial charge >= 0.3 is 0 Å². The van der Waals surface area contributed by atoms with Gasteiger partial charge in [0, 0.05) is 13.0 Å². The van der Waals surface area contributed by atoms with E-state index in [0.717, 1.165) is 24.8 Å². The molecule has 2 amide bonds. The van der Waals surface area contributed by atoms with Crippen molar-refractivity contribution in [3.63, 3.8) is 0 Å². The SMILES string of the molecule is Cc1cc(C)cc(C2(C(=O)NCCCC(N)=O)CCC2)c1. The molecule has 1 aliphatic rings. The van der Waals surface area contributed by atoms with E-state index in [1.54, 1.807) is 0 Å². The number of amides is 2. The molecule has 3 N–H and O–H groups in total. The summed E-state index contributed by atoms with van der Waals surface area (Å²) in [5, 5.41) is 2.97. The minimum atomic E-state index is -0.372. The monoisotopic (exact) mass is 288 g/mol. The lowest BCUT2D eigenvalue weighted by Crippen LogP contribution is -2.49. The number of nitrogens with one attached hydrogen (secondary N) is 1. The summed E-state index contributed by atoms with van der Waals surface area (Å²) >= 11 is 0. The normalized spacial score (nSPS) is 16.1. The van der Waals surface area contributed by atoms with Crippen molar-refractivity contribution in [3.8, 4) is 0 Å². The van der Waals surface area contributed by atoms with Gasteiger partial charge in [-0.25, -0.2) is 0 Å². The maximum Gasteiger partial charge on any atom is 0.230 e. The number of primary amides is 1. The summed E-state index contributed by atoms with van der Waals surface area (Å²) in [5.41, 5.74) is 8.24. The molecule has 0 unspecified atom stereocenters. The first-order valence-electron chi connectivity index (χ1n) is 7.59. The quantitative estimate of drug-likeness (QED) is 0.787. The Morgan fingerprint density at radius 1 is 1.19 bits per heavy atom. The topological polar surface area (TPSA) is 72.2 Å². The fraction of sp³-hybridized carbons (Fsp3) is 0.529. The first-order chi connectivity index (χ1) is 9.94. The van der Waals surface area contributed by atoms with E-state index in [1.165, 1.54) is 11.1 Å². The molecule has 4 heteroatoms. The maximum atomic E-state index is 12.6. The van der Waals surface area contributed by atoms with Gasteiger partial charge in [0.05, 0.1) is 5.41 Å². The van der Waals surface area contributed by atoms with Crippen molar-refractivity contribution in [2.75, 3.05) is 6.54 Å². The van der Waals surface area contributed by atoms with E-state index in [9.17, 15) is 9.59 Å². The molecule has 0 radical (unpaired) electrons. The Morgan fingerprint density at radius 2 is 1.81 bits per heavy atom. The van der Waals surface area contributed by atoms with Crippen molar-refractivity contribution in [2.45, 2.75) is 51.4 Å². The fourth-order valence-corrected chi connectivity index (χ4v) is 3.06.